The van der Waals surface area contributed by atoms with Crippen LogP contribution in [0.15, 0.2) is 0 Å². The zero-order valence-corrected chi connectivity index (χ0v) is 9.53. The average Bonchev–Trinajstić information content (AvgIpc) is 2.89. The molecule has 4 N–H and O–H groups in total. The predicted molar refractivity (Wildman–Crippen MR) is 58.9 cm³/mol. The number of carbonyl (C=O) groups is 2. The van der Waals surface area contributed by atoms with Crippen molar-refractivity contribution in [3.05, 3.63) is 0 Å². The van der Waals surface area contributed by atoms with Crippen molar-refractivity contribution in [3.8, 4) is 0 Å². The average molecular weight is 225 g/mol. The van der Waals surface area contributed by atoms with Crippen molar-refractivity contribution in [2.45, 2.75) is 38.6 Å². The van der Waals surface area contributed by atoms with Gasteiger partial charge in [0.05, 0.1) is 0 Å². The maximum absolute atomic E-state index is 11.3. The molecule has 0 aromatic rings. The molecule has 0 spiro atoms. The standard InChI is InChI=1S/C11H19N3O2/c1-6(13-10(15)11(16)14-12)9-5-7-2-3-8(9)4-7/h6-9H,2-5,12H2,1H3,(H,13,15)(H,14,16). The van der Waals surface area contributed by atoms with Gasteiger partial charge in [-0.25, -0.2) is 5.84 Å². The van der Waals surface area contributed by atoms with E-state index in [1.165, 1.54) is 25.7 Å². The number of fused-ring (bicyclic) bond motifs is 2. The minimum absolute atomic E-state index is 0.0695. The molecule has 0 radical (unpaired) electrons. The molecule has 4 unspecified atom stereocenters. The molecule has 5 heteroatoms. The van der Waals surface area contributed by atoms with Crippen LogP contribution in [-0.2, 0) is 9.59 Å². The summed E-state index contributed by atoms with van der Waals surface area (Å²) in [6.45, 7) is 1.98. The lowest BCUT2D eigenvalue weighted by molar-refractivity contribution is -0.139. The Hall–Kier alpha value is -1.10. The summed E-state index contributed by atoms with van der Waals surface area (Å²) in [5.41, 5.74) is 1.84. The van der Waals surface area contributed by atoms with Gasteiger partial charge in [-0.05, 0) is 43.9 Å². The maximum atomic E-state index is 11.3. The molecule has 16 heavy (non-hydrogen) atoms. The Kier molecular flexibility index (Phi) is 3.14. The Morgan fingerprint density at radius 1 is 1.25 bits per heavy atom. The number of hydrazine groups is 1. The van der Waals surface area contributed by atoms with E-state index >= 15 is 0 Å². The molecule has 2 aliphatic carbocycles. The van der Waals surface area contributed by atoms with Crippen LogP contribution in [0.1, 0.15) is 32.6 Å². The van der Waals surface area contributed by atoms with Gasteiger partial charge in [0.25, 0.3) is 0 Å². The summed E-state index contributed by atoms with van der Waals surface area (Å²) in [4.78, 5) is 22.3. The third kappa shape index (κ3) is 2.04. The summed E-state index contributed by atoms with van der Waals surface area (Å²) in [5.74, 6) is 5.62. The van der Waals surface area contributed by atoms with Gasteiger partial charge in [-0.1, -0.05) is 6.42 Å². The fraction of sp³-hybridized carbons (Fsp3) is 0.818. The van der Waals surface area contributed by atoms with Crippen LogP contribution in [-0.4, -0.2) is 17.9 Å². The van der Waals surface area contributed by atoms with Gasteiger partial charge in [0.1, 0.15) is 0 Å². The predicted octanol–water partition coefficient (Wildman–Crippen LogP) is -0.0828. The quantitative estimate of drug-likeness (QED) is 0.266. The van der Waals surface area contributed by atoms with Gasteiger partial charge in [-0.15, -0.1) is 0 Å². The molecule has 0 aliphatic heterocycles. The molecular formula is C11H19N3O2. The van der Waals surface area contributed by atoms with Crippen molar-refractivity contribution in [3.63, 3.8) is 0 Å². The summed E-state index contributed by atoms with van der Waals surface area (Å²) in [6.07, 6.45) is 5.11. The van der Waals surface area contributed by atoms with Crippen molar-refractivity contribution in [2.24, 2.45) is 23.6 Å². The van der Waals surface area contributed by atoms with Crippen LogP contribution in [0.2, 0.25) is 0 Å². The van der Waals surface area contributed by atoms with Crippen LogP contribution >= 0.6 is 0 Å². The summed E-state index contributed by atoms with van der Waals surface area (Å²) in [5, 5.41) is 2.73. The van der Waals surface area contributed by atoms with E-state index < -0.39 is 11.8 Å². The van der Waals surface area contributed by atoms with E-state index in [0.29, 0.717) is 5.92 Å². The van der Waals surface area contributed by atoms with Gasteiger partial charge in [0.2, 0.25) is 0 Å². The lowest BCUT2D eigenvalue weighted by Crippen LogP contribution is -2.48. The molecule has 0 aromatic carbocycles. The van der Waals surface area contributed by atoms with E-state index in [0.717, 1.165) is 11.8 Å². The second kappa shape index (κ2) is 4.41. The van der Waals surface area contributed by atoms with Crippen LogP contribution in [0.3, 0.4) is 0 Å². The number of hydrogen-bond donors (Lipinski definition) is 3. The molecule has 4 atom stereocenters. The molecular weight excluding hydrogens is 206 g/mol. The molecule has 2 rings (SSSR count). The molecule has 2 bridgehead atoms. The van der Waals surface area contributed by atoms with Crippen LogP contribution in [0, 0.1) is 17.8 Å². The number of nitrogens with two attached hydrogens (primary N) is 1. The minimum atomic E-state index is -0.769. The Balaban J connectivity index is 1.86. The Morgan fingerprint density at radius 3 is 2.50 bits per heavy atom. The van der Waals surface area contributed by atoms with Crippen LogP contribution in [0.25, 0.3) is 0 Å². The summed E-state index contributed by atoms with van der Waals surface area (Å²) >= 11 is 0. The molecule has 90 valence electrons. The monoisotopic (exact) mass is 225 g/mol. The van der Waals surface area contributed by atoms with Crippen LogP contribution in [0.4, 0.5) is 0 Å². The van der Waals surface area contributed by atoms with Crippen LogP contribution < -0.4 is 16.6 Å². The first-order chi connectivity index (χ1) is 7.61. The van der Waals surface area contributed by atoms with Gasteiger partial charge in [-0.2, -0.15) is 0 Å². The third-order valence-corrected chi connectivity index (χ3v) is 4.13. The highest BCUT2D eigenvalue weighted by Crippen LogP contribution is 2.49. The van der Waals surface area contributed by atoms with Gasteiger partial charge < -0.3 is 5.32 Å². The smallest absolute Gasteiger partial charge is 0.323 e. The molecule has 2 fully saturated rings. The largest absolute Gasteiger partial charge is 0.345 e. The number of carbonyl (C=O) groups excluding carboxylic acids is 2. The van der Waals surface area contributed by atoms with E-state index in [1.807, 2.05) is 12.3 Å². The van der Waals surface area contributed by atoms with Gasteiger partial charge in [-0.3, -0.25) is 15.0 Å². The van der Waals surface area contributed by atoms with E-state index in [4.69, 9.17) is 5.84 Å². The topological polar surface area (TPSA) is 84.2 Å². The lowest BCUT2D eigenvalue weighted by Gasteiger charge is -2.28. The fourth-order valence-corrected chi connectivity index (χ4v) is 3.35. The Labute approximate surface area is 95.1 Å². The molecule has 5 nitrogen and oxygen atoms in total. The second-order valence-corrected chi connectivity index (χ2v) is 5.07. The van der Waals surface area contributed by atoms with Crippen molar-refractivity contribution in [1.29, 1.82) is 0 Å². The Bertz CT molecular complexity index is 306. The highest BCUT2D eigenvalue weighted by atomic mass is 16.2. The second-order valence-electron chi connectivity index (χ2n) is 5.07. The van der Waals surface area contributed by atoms with Crippen LogP contribution in [0.5, 0.6) is 0 Å². The summed E-state index contributed by atoms with van der Waals surface area (Å²) in [7, 11) is 0. The third-order valence-electron chi connectivity index (χ3n) is 4.13. The highest BCUT2D eigenvalue weighted by Gasteiger charge is 2.42. The van der Waals surface area contributed by atoms with Crippen molar-refractivity contribution >= 4 is 11.8 Å². The van der Waals surface area contributed by atoms with Gasteiger partial charge >= 0.3 is 11.8 Å². The number of nitrogens with one attached hydrogen (secondary N) is 2. The van der Waals surface area contributed by atoms with Crippen molar-refractivity contribution in [2.75, 3.05) is 0 Å². The molecule has 0 aromatic heterocycles. The zero-order valence-electron chi connectivity index (χ0n) is 9.53. The molecule has 2 saturated carbocycles. The Morgan fingerprint density at radius 2 is 2.00 bits per heavy atom. The zero-order chi connectivity index (χ0) is 11.7. The van der Waals surface area contributed by atoms with Gasteiger partial charge in [0, 0.05) is 6.04 Å². The first-order valence-electron chi connectivity index (χ1n) is 5.93. The first kappa shape index (κ1) is 11.4. The fourth-order valence-electron chi connectivity index (χ4n) is 3.35. The number of hydrogen-bond acceptors (Lipinski definition) is 3. The van der Waals surface area contributed by atoms with Crippen molar-refractivity contribution in [1.82, 2.24) is 10.7 Å². The molecule has 2 amide bonds. The first-order valence-corrected chi connectivity index (χ1v) is 5.93. The van der Waals surface area contributed by atoms with E-state index in [2.05, 4.69) is 5.32 Å². The number of amides is 2. The highest BCUT2D eigenvalue weighted by molar-refractivity contribution is 6.34. The SMILES string of the molecule is CC(NC(=O)C(=O)NN)C1CC2CCC1C2. The lowest BCUT2D eigenvalue weighted by atomic mass is 9.84. The summed E-state index contributed by atoms with van der Waals surface area (Å²) in [6, 6.07) is 0.0695. The van der Waals surface area contributed by atoms with E-state index in [9.17, 15) is 9.59 Å². The molecule has 0 saturated heterocycles. The number of rotatable bonds is 2. The van der Waals surface area contributed by atoms with E-state index in [1.54, 1.807) is 0 Å². The summed E-state index contributed by atoms with van der Waals surface area (Å²) < 4.78 is 0. The van der Waals surface area contributed by atoms with E-state index in [-0.39, 0.29) is 6.04 Å². The minimum Gasteiger partial charge on any atom is -0.345 e. The molecule has 2 aliphatic rings. The maximum Gasteiger partial charge on any atom is 0.323 e. The molecule has 0 heterocycles. The normalized spacial score (nSPS) is 33.5. The van der Waals surface area contributed by atoms with Gasteiger partial charge in [0.15, 0.2) is 0 Å². The van der Waals surface area contributed by atoms with Crippen molar-refractivity contribution < 1.29 is 9.59 Å².